The minimum absolute atomic E-state index is 0.0283. The largest absolute Gasteiger partial charge is 0.326 e. The molecule has 0 radical (unpaired) electrons. The van der Waals surface area contributed by atoms with Crippen molar-refractivity contribution in [2.24, 2.45) is 0 Å². The number of hydrogen-bond acceptors (Lipinski definition) is 3. The maximum absolute atomic E-state index is 11.8. The fraction of sp³-hybridized carbons (Fsp3) is 0.200. The van der Waals surface area contributed by atoms with Gasteiger partial charge in [-0.15, -0.1) is 11.3 Å². The normalized spacial score (nSPS) is 10.1. The highest BCUT2D eigenvalue weighted by Crippen LogP contribution is 2.15. The van der Waals surface area contributed by atoms with Crippen LogP contribution in [0.25, 0.3) is 0 Å². The van der Waals surface area contributed by atoms with Crippen molar-refractivity contribution in [3.63, 3.8) is 0 Å². The van der Waals surface area contributed by atoms with Crippen LogP contribution in [-0.4, -0.2) is 11.8 Å². The predicted molar refractivity (Wildman–Crippen MR) is 82.0 cm³/mol. The third kappa shape index (κ3) is 4.20. The van der Waals surface area contributed by atoms with E-state index in [0.717, 1.165) is 16.3 Å². The Bertz CT molecular complexity index is 576. The zero-order chi connectivity index (χ0) is 14.4. The van der Waals surface area contributed by atoms with E-state index < -0.39 is 0 Å². The van der Waals surface area contributed by atoms with Crippen LogP contribution in [0.4, 0.5) is 11.4 Å². The van der Waals surface area contributed by atoms with Crippen LogP contribution in [0.2, 0.25) is 0 Å². The molecule has 0 aliphatic carbocycles. The second-order valence-corrected chi connectivity index (χ2v) is 5.32. The number of hydrogen-bond donors (Lipinski definition) is 2. The summed E-state index contributed by atoms with van der Waals surface area (Å²) < 4.78 is 0. The molecule has 5 heteroatoms. The van der Waals surface area contributed by atoms with Crippen LogP contribution >= 0.6 is 11.3 Å². The Morgan fingerprint density at radius 3 is 2.10 bits per heavy atom. The number of nitrogens with one attached hydrogen (secondary N) is 2. The minimum Gasteiger partial charge on any atom is -0.326 e. The first-order chi connectivity index (χ1) is 9.67. The summed E-state index contributed by atoms with van der Waals surface area (Å²) in [5.41, 5.74) is 1.45. The molecule has 0 saturated carbocycles. The van der Waals surface area contributed by atoms with Crippen molar-refractivity contribution in [3.05, 3.63) is 46.7 Å². The summed E-state index contributed by atoms with van der Waals surface area (Å²) in [6.45, 7) is 1.80. The van der Waals surface area contributed by atoms with E-state index in [1.165, 1.54) is 0 Å². The van der Waals surface area contributed by atoms with Gasteiger partial charge in [-0.3, -0.25) is 9.59 Å². The molecule has 104 valence electrons. The number of rotatable bonds is 5. The van der Waals surface area contributed by atoms with Gasteiger partial charge in [0.25, 0.3) is 0 Å². The standard InChI is InChI=1S/C15H16N2O2S/c1-2-14(18)16-11-5-7-12(8-6-11)17-15(19)10-13-4-3-9-20-13/h3-9H,2,10H2,1H3,(H,16,18)(H,17,19). The molecule has 2 N–H and O–H groups in total. The molecule has 1 aromatic carbocycles. The lowest BCUT2D eigenvalue weighted by molar-refractivity contribution is -0.116. The summed E-state index contributed by atoms with van der Waals surface area (Å²) in [6, 6.07) is 11.0. The summed E-state index contributed by atoms with van der Waals surface area (Å²) in [4.78, 5) is 24.1. The van der Waals surface area contributed by atoms with Gasteiger partial charge in [0, 0.05) is 22.7 Å². The summed E-state index contributed by atoms with van der Waals surface area (Å²) in [5.74, 6) is -0.0720. The topological polar surface area (TPSA) is 58.2 Å². The molecule has 2 rings (SSSR count). The quantitative estimate of drug-likeness (QED) is 0.887. The van der Waals surface area contributed by atoms with E-state index in [2.05, 4.69) is 10.6 Å². The van der Waals surface area contributed by atoms with Gasteiger partial charge in [0.1, 0.15) is 0 Å². The number of carbonyl (C=O) groups is 2. The van der Waals surface area contributed by atoms with Gasteiger partial charge in [-0.2, -0.15) is 0 Å². The third-order valence-electron chi connectivity index (χ3n) is 2.69. The third-order valence-corrected chi connectivity index (χ3v) is 3.56. The molecule has 0 fully saturated rings. The summed E-state index contributed by atoms with van der Waals surface area (Å²) in [6.07, 6.45) is 0.825. The van der Waals surface area contributed by atoms with Crippen LogP contribution in [-0.2, 0) is 16.0 Å². The summed E-state index contributed by atoms with van der Waals surface area (Å²) in [5, 5.41) is 7.54. The Kier molecular flexibility index (Phi) is 4.90. The Labute approximate surface area is 121 Å². The lowest BCUT2D eigenvalue weighted by atomic mass is 10.2. The first-order valence-corrected chi connectivity index (χ1v) is 7.27. The molecule has 4 nitrogen and oxygen atoms in total. The van der Waals surface area contributed by atoms with Crippen LogP contribution in [0.1, 0.15) is 18.2 Å². The van der Waals surface area contributed by atoms with E-state index in [1.807, 2.05) is 17.5 Å². The summed E-state index contributed by atoms with van der Waals surface area (Å²) >= 11 is 1.57. The Morgan fingerprint density at radius 2 is 1.60 bits per heavy atom. The van der Waals surface area contributed by atoms with Crippen molar-refractivity contribution in [3.8, 4) is 0 Å². The molecule has 1 heterocycles. The zero-order valence-electron chi connectivity index (χ0n) is 11.2. The van der Waals surface area contributed by atoms with Gasteiger partial charge in [-0.05, 0) is 35.7 Å². The van der Waals surface area contributed by atoms with Crippen molar-refractivity contribution in [1.82, 2.24) is 0 Å². The predicted octanol–water partition coefficient (Wildman–Crippen LogP) is 3.28. The van der Waals surface area contributed by atoms with E-state index in [-0.39, 0.29) is 11.8 Å². The van der Waals surface area contributed by atoms with Gasteiger partial charge >= 0.3 is 0 Å². The number of amides is 2. The van der Waals surface area contributed by atoms with Gasteiger partial charge in [0.2, 0.25) is 11.8 Å². The van der Waals surface area contributed by atoms with Gasteiger partial charge < -0.3 is 10.6 Å². The van der Waals surface area contributed by atoms with Crippen molar-refractivity contribution in [2.75, 3.05) is 10.6 Å². The average molecular weight is 288 g/mol. The smallest absolute Gasteiger partial charge is 0.229 e. The highest BCUT2D eigenvalue weighted by molar-refractivity contribution is 7.10. The highest BCUT2D eigenvalue weighted by Gasteiger charge is 2.05. The molecule has 0 bridgehead atoms. The second-order valence-electron chi connectivity index (χ2n) is 4.28. The number of benzene rings is 1. The molecule has 2 amide bonds. The van der Waals surface area contributed by atoms with E-state index in [0.29, 0.717) is 12.8 Å². The molecule has 2 aromatic rings. The van der Waals surface area contributed by atoms with Gasteiger partial charge in [0.05, 0.1) is 6.42 Å². The molecule has 0 unspecified atom stereocenters. The lowest BCUT2D eigenvalue weighted by Gasteiger charge is -2.07. The number of carbonyl (C=O) groups excluding carboxylic acids is 2. The van der Waals surface area contributed by atoms with Crippen molar-refractivity contribution < 1.29 is 9.59 Å². The highest BCUT2D eigenvalue weighted by atomic mass is 32.1. The first kappa shape index (κ1) is 14.3. The molecule has 0 saturated heterocycles. The summed E-state index contributed by atoms with van der Waals surface area (Å²) in [7, 11) is 0. The maximum atomic E-state index is 11.8. The molecule has 20 heavy (non-hydrogen) atoms. The fourth-order valence-electron chi connectivity index (χ4n) is 1.66. The molecule has 0 aliphatic rings. The molecule has 0 aliphatic heterocycles. The average Bonchev–Trinajstić information content (AvgIpc) is 2.93. The van der Waals surface area contributed by atoms with E-state index in [9.17, 15) is 9.59 Å². The molecule has 1 aromatic heterocycles. The van der Waals surface area contributed by atoms with Crippen LogP contribution < -0.4 is 10.6 Å². The Hall–Kier alpha value is -2.14. The van der Waals surface area contributed by atoms with Crippen LogP contribution in [0.5, 0.6) is 0 Å². The fourth-order valence-corrected chi connectivity index (χ4v) is 2.37. The maximum Gasteiger partial charge on any atom is 0.229 e. The van der Waals surface area contributed by atoms with E-state index in [4.69, 9.17) is 0 Å². The Balaban J connectivity index is 1.90. The second kappa shape index (κ2) is 6.86. The van der Waals surface area contributed by atoms with Gasteiger partial charge in [-0.25, -0.2) is 0 Å². The van der Waals surface area contributed by atoms with Crippen molar-refractivity contribution in [2.45, 2.75) is 19.8 Å². The Morgan fingerprint density at radius 1 is 1.00 bits per heavy atom. The SMILES string of the molecule is CCC(=O)Nc1ccc(NC(=O)Cc2cccs2)cc1. The van der Waals surface area contributed by atoms with Crippen LogP contribution in [0, 0.1) is 0 Å². The van der Waals surface area contributed by atoms with E-state index in [1.54, 1.807) is 42.5 Å². The van der Waals surface area contributed by atoms with Gasteiger partial charge in [-0.1, -0.05) is 13.0 Å². The molecular weight excluding hydrogens is 272 g/mol. The van der Waals surface area contributed by atoms with Gasteiger partial charge in [0.15, 0.2) is 0 Å². The zero-order valence-corrected chi connectivity index (χ0v) is 12.0. The minimum atomic E-state index is -0.0437. The van der Waals surface area contributed by atoms with E-state index >= 15 is 0 Å². The molecular formula is C15H16N2O2S. The first-order valence-electron chi connectivity index (χ1n) is 6.39. The number of anilines is 2. The monoisotopic (exact) mass is 288 g/mol. The lowest BCUT2D eigenvalue weighted by Crippen LogP contribution is -2.14. The van der Waals surface area contributed by atoms with Crippen LogP contribution in [0.15, 0.2) is 41.8 Å². The van der Waals surface area contributed by atoms with Crippen molar-refractivity contribution >= 4 is 34.5 Å². The van der Waals surface area contributed by atoms with Crippen molar-refractivity contribution in [1.29, 1.82) is 0 Å². The molecule has 0 atom stereocenters. The number of thiophene rings is 1. The molecule has 0 spiro atoms. The van der Waals surface area contributed by atoms with Crippen LogP contribution in [0.3, 0.4) is 0 Å².